The van der Waals surface area contributed by atoms with Gasteiger partial charge in [0.15, 0.2) is 0 Å². The molecule has 2 atom stereocenters. The van der Waals surface area contributed by atoms with Crippen LogP contribution in [-0.4, -0.2) is 122 Å². The number of hydrogen-bond donors (Lipinski definition) is 2. The fourth-order valence-corrected chi connectivity index (χ4v) is 6.19. The minimum atomic E-state index is -2.93. The molecule has 12 nitrogen and oxygen atoms in total. The van der Waals surface area contributed by atoms with Gasteiger partial charge in [-0.25, -0.2) is 18.8 Å². The number of piperazine rings is 1. The maximum absolute atomic E-state index is 11.5. The first kappa shape index (κ1) is 28.1. The van der Waals surface area contributed by atoms with Crippen molar-refractivity contribution in [2.75, 3.05) is 26.2 Å². The molecule has 4 heterocycles. The number of rotatable bonds is 9. The molecule has 0 radical (unpaired) electrons. The van der Waals surface area contributed by atoms with E-state index < -0.39 is 34.0 Å². The molecule has 1 saturated carbocycles. The third kappa shape index (κ3) is 7.81. The van der Waals surface area contributed by atoms with E-state index in [-0.39, 0.29) is 47.9 Å². The number of fused-ring (bicyclic) bond motifs is 1. The molecule has 1 saturated heterocycles. The van der Waals surface area contributed by atoms with E-state index in [4.69, 9.17) is 15.4 Å². The summed E-state index contributed by atoms with van der Waals surface area (Å²) < 4.78 is 36.9. The van der Waals surface area contributed by atoms with E-state index in [0.29, 0.717) is 32.7 Å². The SMILES string of the molecule is [2H]C1C([C@H]2C[C@](CC#N)(n3cc(-c4ncnc5c4ccn5COCC[Si](C)(C)C)cn3)C2)NCCN1C(=O)O.[2H][B-]([2H])([2H])C#N.[NaH]. The van der Waals surface area contributed by atoms with Gasteiger partial charge in [0.25, 0.3) is 0 Å². The van der Waals surface area contributed by atoms with Crippen molar-refractivity contribution in [3.05, 3.63) is 31.0 Å². The van der Waals surface area contributed by atoms with Crippen LogP contribution < -0.4 is 5.32 Å². The fourth-order valence-electron chi connectivity index (χ4n) is 5.43. The van der Waals surface area contributed by atoms with Crippen molar-refractivity contribution < 1.29 is 16.0 Å². The van der Waals surface area contributed by atoms with Crippen LogP contribution in [0.15, 0.2) is 31.0 Å². The summed E-state index contributed by atoms with van der Waals surface area (Å²) in [5.41, 5.74) is 1.91. The first-order valence-corrected chi connectivity index (χ1v) is 17.3. The Balaban J connectivity index is 0.000000752. The topological polar surface area (TPSA) is 158 Å². The van der Waals surface area contributed by atoms with Crippen molar-refractivity contribution in [1.29, 1.82) is 14.5 Å². The van der Waals surface area contributed by atoms with Gasteiger partial charge in [0, 0.05) is 63.7 Å². The van der Waals surface area contributed by atoms with E-state index in [0.717, 1.165) is 34.9 Å². The minimum absolute atomic E-state index is 0. The maximum atomic E-state index is 11.5. The van der Waals surface area contributed by atoms with Crippen molar-refractivity contribution in [2.24, 2.45) is 5.92 Å². The second-order valence-electron chi connectivity index (χ2n) is 11.7. The molecule has 0 bridgehead atoms. The standard InChI is InChI=1S/C26H36N8O3Si.CH3BN.Na.H/c1-38(2,3)11-10-37-18-33-8-4-21-23(29-17-30-24(21)33)20-14-31-34(15-20)26(5-6-27)12-19(13-26)22-16-32(25(35)36)9-7-28-22;2-1-3;;/h4,8,14-15,17,19,22,28H,5,7,9-13,16,18H2,1-3H3,(H,35,36);2H3;;/q;-1;;/t19-,22?,26-;;;/i16D;2D3;;/t16?,19-,22?,26-;;;. The van der Waals surface area contributed by atoms with Crippen LogP contribution in [0.3, 0.4) is 0 Å². The predicted octanol–water partition coefficient (Wildman–Crippen LogP) is 1.76. The van der Waals surface area contributed by atoms with Gasteiger partial charge in [0.2, 0.25) is 0 Å². The molecule has 2 fully saturated rings. The Morgan fingerprint density at radius 2 is 2.14 bits per heavy atom. The predicted molar refractivity (Wildman–Crippen MR) is 168 cm³/mol. The van der Waals surface area contributed by atoms with Gasteiger partial charge in [-0.2, -0.15) is 16.3 Å². The Hall–Kier alpha value is -2.72. The number of carboxylic acid groups (broad SMARTS) is 1. The summed E-state index contributed by atoms with van der Waals surface area (Å²) >= 11 is 0. The number of carbonyl (C=O) groups is 1. The molecule has 42 heavy (non-hydrogen) atoms. The molecular formula is C27H40BN9NaO3Si-. The summed E-state index contributed by atoms with van der Waals surface area (Å²) in [5.74, 6) is 1.25. The van der Waals surface area contributed by atoms with E-state index in [9.17, 15) is 15.2 Å². The van der Waals surface area contributed by atoms with Gasteiger partial charge in [-0.1, -0.05) is 19.6 Å². The van der Waals surface area contributed by atoms with Gasteiger partial charge >= 0.3 is 35.7 Å². The summed E-state index contributed by atoms with van der Waals surface area (Å²) in [7, 11) is -4.09. The average molecular weight is 605 g/mol. The quantitative estimate of drug-likeness (QED) is 0.274. The molecule has 2 aliphatic rings. The number of nitrogens with one attached hydrogen (secondary N) is 1. The molecule has 1 aliphatic carbocycles. The summed E-state index contributed by atoms with van der Waals surface area (Å²) in [4.78, 5) is 21.8. The Bertz CT molecular complexity index is 1580. The zero-order chi connectivity index (χ0) is 33.0. The van der Waals surface area contributed by atoms with Crippen LogP contribution in [0.2, 0.25) is 25.7 Å². The zero-order valence-electron chi connectivity index (χ0n) is 27.7. The number of nitrogens with zero attached hydrogens (tertiary/aromatic N) is 8. The zero-order valence-corrected chi connectivity index (χ0v) is 24.7. The van der Waals surface area contributed by atoms with E-state index in [1.165, 1.54) is 10.9 Å². The normalized spacial score (nSPS) is 25.2. The van der Waals surface area contributed by atoms with Gasteiger partial charge in [-0.05, 0) is 30.9 Å². The number of aromatic nitrogens is 5. The average Bonchev–Trinajstić information content (AvgIpc) is 3.61. The van der Waals surface area contributed by atoms with Crippen molar-refractivity contribution >= 4 is 62.5 Å². The second kappa shape index (κ2) is 14.6. The number of nitriles is 2. The summed E-state index contributed by atoms with van der Waals surface area (Å²) in [6, 6.07) is 5.14. The molecule has 5 rings (SSSR count). The molecule has 220 valence electrons. The van der Waals surface area contributed by atoms with Crippen LogP contribution >= 0.6 is 0 Å². The van der Waals surface area contributed by atoms with Crippen LogP contribution in [0.1, 0.15) is 20.6 Å². The number of amides is 1. The molecule has 2 unspecified atom stereocenters. The van der Waals surface area contributed by atoms with Gasteiger partial charge in [-0.15, -0.1) is 0 Å². The Morgan fingerprint density at radius 3 is 2.81 bits per heavy atom. The Labute approximate surface area is 276 Å². The second-order valence-corrected chi connectivity index (χ2v) is 17.3. The van der Waals surface area contributed by atoms with E-state index in [2.05, 4.69) is 46.1 Å². The number of ether oxygens (including phenoxy) is 1. The van der Waals surface area contributed by atoms with Gasteiger partial charge in [0.1, 0.15) is 18.7 Å². The monoisotopic (exact) mass is 604 g/mol. The molecule has 0 spiro atoms. The van der Waals surface area contributed by atoms with Crippen molar-refractivity contribution in [3.8, 4) is 23.3 Å². The van der Waals surface area contributed by atoms with E-state index >= 15 is 0 Å². The summed E-state index contributed by atoms with van der Waals surface area (Å²) in [6.45, 7) is 8.11. The third-order valence-corrected chi connectivity index (χ3v) is 9.35. The van der Waals surface area contributed by atoms with Crippen LogP contribution in [0.4, 0.5) is 4.79 Å². The fraction of sp³-hybridized carbons (Fsp3) is 0.556. The molecule has 3 aromatic heterocycles. The summed E-state index contributed by atoms with van der Waals surface area (Å²) in [6.07, 6.45) is 7.73. The molecule has 1 amide bonds. The Morgan fingerprint density at radius 1 is 1.38 bits per heavy atom. The van der Waals surface area contributed by atoms with Crippen molar-refractivity contribution in [2.45, 2.75) is 63.3 Å². The van der Waals surface area contributed by atoms with Crippen LogP contribution in [0.25, 0.3) is 22.3 Å². The molecule has 0 aromatic carbocycles. The molecule has 3 aromatic rings. The van der Waals surface area contributed by atoms with Gasteiger partial charge in [0.05, 0.1) is 39.0 Å². The first-order valence-electron chi connectivity index (χ1n) is 15.9. The molecular weight excluding hydrogens is 560 g/mol. The van der Waals surface area contributed by atoms with Crippen LogP contribution in [0, 0.1) is 28.5 Å². The summed E-state index contributed by atoms with van der Waals surface area (Å²) in [5, 5.41) is 35.6. The molecule has 1 aliphatic heterocycles. The van der Waals surface area contributed by atoms with Gasteiger partial charge < -0.3 is 24.6 Å². The molecule has 2 N–H and O–H groups in total. The first-order chi connectivity index (χ1) is 21.2. The Kier molecular flexibility index (Phi) is 9.79. The van der Waals surface area contributed by atoms with Crippen molar-refractivity contribution in [1.82, 2.24) is 34.5 Å². The molecule has 15 heteroatoms. The third-order valence-electron chi connectivity index (χ3n) is 7.64. The van der Waals surface area contributed by atoms with E-state index in [1.807, 2.05) is 27.7 Å². The van der Waals surface area contributed by atoms with Crippen LogP contribution in [-0.2, 0) is 17.0 Å². The van der Waals surface area contributed by atoms with E-state index in [1.54, 1.807) is 12.5 Å². The van der Waals surface area contributed by atoms with Gasteiger partial charge in [-0.3, -0.25) is 9.94 Å². The number of hydrogen-bond acceptors (Lipinski definition) is 8. The van der Waals surface area contributed by atoms with Crippen LogP contribution in [0.5, 0.6) is 0 Å². The van der Waals surface area contributed by atoms with Crippen molar-refractivity contribution in [3.63, 3.8) is 0 Å².